The number of hydrogen-bond acceptors (Lipinski definition) is 7. The van der Waals surface area contributed by atoms with Gasteiger partial charge < -0.3 is 19.7 Å². The van der Waals surface area contributed by atoms with Crippen molar-refractivity contribution in [1.82, 2.24) is 0 Å². The molecule has 1 saturated heterocycles. The summed E-state index contributed by atoms with van der Waals surface area (Å²) in [6, 6.07) is 0. The van der Waals surface area contributed by atoms with Gasteiger partial charge in [-0.3, -0.25) is 9.59 Å². The van der Waals surface area contributed by atoms with E-state index in [-0.39, 0.29) is 24.5 Å². The summed E-state index contributed by atoms with van der Waals surface area (Å²) in [6.45, 7) is 7.38. The Bertz CT molecular complexity index is 795. The molecule has 0 aromatic heterocycles. The molecule has 0 unspecified atom stereocenters. The third-order valence-electron chi connectivity index (χ3n) is 7.19. The van der Waals surface area contributed by atoms with Gasteiger partial charge in [0, 0.05) is 23.8 Å². The molecule has 4 aliphatic rings. The zero-order chi connectivity index (χ0) is 20.5. The zero-order valence-electron chi connectivity index (χ0n) is 16.3. The van der Waals surface area contributed by atoms with Crippen molar-refractivity contribution in [2.75, 3.05) is 7.11 Å². The number of rotatable bonds is 2. The van der Waals surface area contributed by atoms with Gasteiger partial charge in [-0.25, -0.2) is 4.79 Å². The van der Waals surface area contributed by atoms with Crippen molar-refractivity contribution in [2.24, 2.45) is 35.5 Å². The Morgan fingerprint density at radius 3 is 2.64 bits per heavy atom. The fourth-order valence-electron chi connectivity index (χ4n) is 6.03. The Labute approximate surface area is 163 Å². The monoisotopic (exact) mass is 390 g/mol. The number of ether oxygens (including phenoxy) is 2. The number of ketones is 1. The van der Waals surface area contributed by atoms with Crippen LogP contribution in [0.5, 0.6) is 0 Å². The van der Waals surface area contributed by atoms with Gasteiger partial charge in [0.1, 0.15) is 11.9 Å². The van der Waals surface area contributed by atoms with Crippen LogP contribution in [0.4, 0.5) is 0 Å². The highest BCUT2D eigenvalue weighted by Crippen LogP contribution is 2.56. The summed E-state index contributed by atoms with van der Waals surface area (Å²) in [5, 5.41) is 21.7. The first-order chi connectivity index (χ1) is 13.1. The molecule has 2 saturated carbocycles. The van der Waals surface area contributed by atoms with Crippen LogP contribution in [0.15, 0.2) is 23.8 Å². The minimum Gasteiger partial charge on any atom is -0.469 e. The Kier molecular flexibility index (Phi) is 4.32. The summed E-state index contributed by atoms with van der Waals surface area (Å²) >= 11 is 0. The van der Waals surface area contributed by atoms with Crippen LogP contribution in [-0.2, 0) is 23.9 Å². The van der Waals surface area contributed by atoms with E-state index in [2.05, 4.69) is 6.58 Å². The molecule has 9 atom stereocenters. The summed E-state index contributed by atoms with van der Waals surface area (Å²) in [5.74, 6) is -5.52. The van der Waals surface area contributed by atoms with Crippen LogP contribution in [0, 0.1) is 35.5 Å². The van der Waals surface area contributed by atoms with E-state index in [0.29, 0.717) is 5.57 Å². The molecule has 3 aliphatic carbocycles. The van der Waals surface area contributed by atoms with Crippen LogP contribution >= 0.6 is 0 Å². The molecule has 3 fully saturated rings. The van der Waals surface area contributed by atoms with Gasteiger partial charge in [0.05, 0.1) is 30.7 Å². The number of carbonyl (C=O) groups excluding carboxylic acids is 3. The Balaban J connectivity index is 1.91. The highest BCUT2D eigenvalue weighted by atomic mass is 16.6. The van der Waals surface area contributed by atoms with Crippen molar-refractivity contribution in [3.05, 3.63) is 23.8 Å². The van der Waals surface area contributed by atoms with E-state index in [4.69, 9.17) is 9.47 Å². The molecule has 4 rings (SSSR count). The first-order valence-electron chi connectivity index (χ1n) is 9.68. The average Bonchev–Trinajstić information content (AvgIpc) is 2.96. The first kappa shape index (κ1) is 19.3. The van der Waals surface area contributed by atoms with Crippen LogP contribution in [0.1, 0.15) is 26.7 Å². The van der Waals surface area contributed by atoms with E-state index in [9.17, 15) is 24.6 Å². The van der Waals surface area contributed by atoms with Crippen LogP contribution in [-0.4, -0.2) is 52.9 Å². The largest absolute Gasteiger partial charge is 0.469 e. The highest BCUT2D eigenvalue weighted by Gasteiger charge is 2.65. The van der Waals surface area contributed by atoms with E-state index in [1.165, 1.54) is 7.11 Å². The van der Waals surface area contributed by atoms with E-state index >= 15 is 0 Å². The molecule has 1 aliphatic heterocycles. The maximum atomic E-state index is 13.7. The molecular formula is C21H26O7. The van der Waals surface area contributed by atoms with Gasteiger partial charge in [0.2, 0.25) is 0 Å². The summed E-state index contributed by atoms with van der Waals surface area (Å²) < 4.78 is 10.3. The van der Waals surface area contributed by atoms with E-state index < -0.39 is 59.3 Å². The molecule has 0 bridgehead atoms. The van der Waals surface area contributed by atoms with Gasteiger partial charge in [-0.2, -0.15) is 0 Å². The number of esters is 2. The molecule has 1 heterocycles. The van der Waals surface area contributed by atoms with Crippen molar-refractivity contribution < 1.29 is 34.1 Å². The topological polar surface area (TPSA) is 110 Å². The predicted octanol–water partition coefficient (Wildman–Crippen LogP) is 0.786. The third-order valence-corrected chi connectivity index (χ3v) is 7.19. The van der Waals surface area contributed by atoms with E-state index in [0.717, 1.165) is 5.57 Å². The summed E-state index contributed by atoms with van der Waals surface area (Å²) in [5.41, 5.74) is -0.188. The predicted molar refractivity (Wildman–Crippen MR) is 96.6 cm³/mol. The van der Waals surface area contributed by atoms with Gasteiger partial charge in [-0.1, -0.05) is 18.2 Å². The van der Waals surface area contributed by atoms with Gasteiger partial charge in [0.25, 0.3) is 0 Å². The van der Waals surface area contributed by atoms with Crippen LogP contribution < -0.4 is 0 Å². The smallest absolute Gasteiger partial charge is 0.334 e. The fraction of sp³-hybridized carbons (Fsp3) is 0.667. The normalized spacial score (nSPS) is 46.8. The second-order valence-corrected chi connectivity index (χ2v) is 8.94. The SMILES string of the molecule is C=C(C)[C@@H]1C[C@@H](O)[C@@H](C(=O)OC)[C@H]2C(=O)[C@@H]3[C@@H]4C(=C[C@H]21)C(=O)O[C@@H]4C[C@]3(C)O. The fourth-order valence-corrected chi connectivity index (χ4v) is 6.03. The average molecular weight is 390 g/mol. The Hall–Kier alpha value is -1.99. The molecule has 0 aromatic rings. The molecule has 7 nitrogen and oxygen atoms in total. The molecule has 0 aromatic carbocycles. The van der Waals surface area contributed by atoms with Gasteiger partial charge >= 0.3 is 11.9 Å². The number of methoxy groups -OCH3 is 1. The summed E-state index contributed by atoms with van der Waals surface area (Å²) in [6.07, 6.45) is 0.553. The first-order valence-corrected chi connectivity index (χ1v) is 9.68. The number of aliphatic hydroxyl groups is 2. The summed E-state index contributed by atoms with van der Waals surface area (Å²) in [7, 11) is 1.22. The maximum absolute atomic E-state index is 13.7. The van der Waals surface area contributed by atoms with Gasteiger partial charge in [-0.15, -0.1) is 0 Å². The van der Waals surface area contributed by atoms with Crippen LogP contribution in [0.3, 0.4) is 0 Å². The maximum Gasteiger partial charge on any atom is 0.334 e. The highest BCUT2D eigenvalue weighted by molar-refractivity contribution is 5.98. The number of carbonyl (C=O) groups is 3. The van der Waals surface area contributed by atoms with E-state index in [1.807, 2.05) is 6.92 Å². The quantitative estimate of drug-likeness (QED) is 0.530. The van der Waals surface area contributed by atoms with Gasteiger partial charge in [0.15, 0.2) is 0 Å². The molecule has 0 radical (unpaired) electrons. The lowest BCUT2D eigenvalue weighted by atomic mass is 9.60. The van der Waals surface area contributed by atoms with Crippen molar-refractivity contribution in [1.29, 1.82) is 0 Å². The third kappa shape index (κ3) is 2.52. The lowest BCUT2D eigenvalue weighted by molar-refractivity contribution is -0.164. The lowest BCUT2D eigenvalue weighted by Gasteiger charge is -2.44. The Morgan fingerprint density at radius 1 is 1.36 bits per heavy atom. The second kappa shape index (κ2) is 6.26. The standard InChI is InChI=1S/C21H26O7/c1-8(2)9-6-12(22)16(20(25)27-4)15-10(9)5-11-14-13(28-19(11)24)7-21(3,26)17(14)18(15)23/h5,9-10,12-17,22,26H,1,6-7H2,2-4H3/t9-,10-,12+,13+,14+,15-,16+,17-,21-/m0/s1. The molecule has 2 N–H and O–H groups in total. The van der Waals surface area contributed by atoms with Crippen molar-refractivity contribution >= 4 is 17.7 Å². The van der Waals surface area contributed by atoms with Crippen molar-refractivity contribution in [3.63, 3.8) is 0 Å². The molecule has 152 valence electrons. The molecular weight excluding hydrogens is 364 g/mol. The molecule has 7 heteroatoms. The van der Waals surface area contributed by atoms with Crippen molar-refractivity contribution in [2.45, 2.75) is 44.5 Å². The minimum absolute atomic E-state index is 0.171. The van der Waals surface area contributed by atoms with Crippen LogP contribution in [0.25, 0.3) is 0 Å². The van der Waals surface area contributed by atoms with E-state index in [1.54, 1.807) is 13.0 Å². The molecule has 0 amide bonds. The number of hydrogen-bond donors (Lipinski definition) is 2. The van der Waals surface area contributed by atoms with Crippen LogP contribution in [0.2, 0.25) is 0 Å². The Morgan fingerprint density at radius 2 is 2.04 bits per heavy atom. The number of fused-ring (bicyclic) bond motifs is 1. The lowest BCUT2D eigenvalue weighted by Crippen LogP contribution is -2.52. The zero-order valence-corrected chi connectivity index (χ0v) is 16.3. The molecule has 28 heavy (non-hydrogen) atoms. The van der Waals surface area contributed by atoms with Gasteiger partial charge in [-0.05, 0) is 32.1 Å². The second-order valence-electron chi connectivity index (χ2n) is 8.94. The minimum atomic E-state index is -1.36. The number of allylic oxidation sites excluding steroid dienone is 2. The van der Waals surface area contributed by atoms with Crippen molar-refractivity contribution in [3.8, 4) is 0 Å². The number of Topliss-reactive ketones (excluding diaryl/α,β-unsaturated/α-hetero) is 1. The summed E-state index contributed by atoms with van der Waals surface area (Å²) in [4.78, 5) is 38.8. The number of aliphatic hydroxyl groups excluding tert-OH is 1. The molecule has 0 spiro atoms.